The average Bonchev–Trinajstić information content (AvgIpc) is 2.43. The molecule has 0 saturated heterocycles. The topological polar surface area (TPSA) is 73.6 Å². The van der Waals surface area contributed by atoms with Crippen molar-refractivity contribution in [3.8, 4) is 11.5 Å². The molecule has 112 valence electrons. The second kappa shape index (κ2) is 8.31. The molecule has 2 aromatic carbocycles. The molecule has 7 heteroatoms. The van der Waals surface area contributed by atoms with Crippen molar-refractivity contribution in [2.24, 2.45) is 16.5 Å². The number of guanidine groups is 1. The van der Waals surface area contributed by atoms with Crippen molar-refractivity contribution in [3.05, 3.63) is 58.1 Å². The van der Waals surface area contributed by atoms with Crippen LogP contribution in [0.2, 0.25) is 10.0 Å². The summed E-state index contributed by atoms with van der Waals surface area (Å²) in [5, 5.41) is 0.840. The number of aliphatic imine (C=N–C) groups is 1. The van der Waals surface area contributed by atoms with Gasteiger partial charge in [-0.2, -0.15) is 0 Å². The first-order valence-electron chi connectivity index (χ1n) is 5.82. The van der Waals surface area contributed by atoms with Gasteiger partial charge in [0.25, 0.3) is 0 Å². The first kappa shape index (κ1) is 17.9. The number of hydrogen-bond donors (Lipinski definition) is 2. The van der Waals surface area contributed by atoms with Gasteiger partial charge in [0, 0.05) is 0 Å². The molecule has 0 saturated carbocycles. The Morgan fingerprint density at radius 1 is 1.05 bits per heavy atom. The third kappa shape index (κ3) is 5.26. The highest BCUT2D eigenvalue weighted by Gasteiger charge is 2.06. The first-order valence-corrected chi connectivity index (χ1v) is 6.58. The molecule has 0 heterocycles. The van der Waals surface area contributed by atoms with Gasteiger partial charge in [0.15, 0.2) is 5.96 Å². The normalized spacial score (nSPS) is 9.62. The Kier molecular flexibility index (Phi) is 7.07. The van der Waals surface area contributed by atoms with E-state index in [1.807, 2.05) is 24.3 Å². The fourth-order valence-corrected chi connectivity index (χ4v) is 1.87. The highest BCUT2D eigenvalue weighted by molar-refractivity contribution is 14.0. The zero-order valence-corrected chi connectivity index (χ0v) is 14.8. The zero-order valence-electron chi connectivity index (χ0n) is 10.9. The van der Waals surface area contributed by atoms with Gasteiger partial charge < -0.3 is 16.2 Å². The summed E-state index contributed by atoms with van der Waals surface area (Å²) in [7, 11) is 0. The van der Waals surface area contributed by atoms with Crippen LogP contribution in [0.5, 0.6) is 11.5 Å². The fourth-order valence-electron chi connectivity index (χ4n) is 1.54. The summed E-state index contributed by atoms with van der Waals surface area (Å²) in [6.45, 7) is 0.431. The molecule has 0 spiro atoms. The molecule has 0 atom stereocenters. The summed E-state index contributed by atoms with van der Waals surface area (Å²) in [4.78, 5) is 3.93. The smallest absolute Gasteiger partial charge is 0.186 e. The molecule has 2 rings (SSSR count). The van der Waals surface area contributed by atoms with E-state index in [2.05, 4.69) is 4.99 Å². The summed E-state index contributed by atoms with van der Waals surface area (Å²) in [6.07, 6.45) is 0. The monoisotopic (exact) mass is 437 g/mol. The minimum Gasteiger partial charge on any atom is -0.456 e. The first-order chi connectivity index (χ1) is 9.56. The Hall–Kier alpha value is -1.18. The minimum atomic E-state index is 0. The predicted octanol–water partition coefficient (Wildman–Crippen LogP) is 4.18. The Labute approximate surface area is 150 Å². The molecule has 0 fully saturated rings. The second-order valence-electron chi connectivity index (χ2n) is 4.04. The van der Waals surface area contributed by atoms with E-state index < -0.39 is 0 Å². The lowest BCUT2D eigenvalue weighted by Gasteiger charge is -2.08. The second-order valence-corrected chi connectivity index (χ2v) is 4.82. The molecule has 4 N–H and O–H groups in total. The van der Waals surface area contributed by atoms with E-state index in [1.165, 1.54) is 0 Å². The molecule has 0 bridgehead atoms. The molecule has 0 aliphatic heterocycles. The van der Waals surface area contributed by atoms with Crippen molar-refractivity contribution < 1.29 is 4.74 Å². The van der Waals surface area contributed by atoms with Crippen molar-refractivity contribution in [1.82, 2.24) is 0 Å². The summed E-state index contributed by atoms with van der Waals surface area (Å²) < 4.78 is 5.67. The quantitative estimate of drug-likeness (QED) is 0.428. The van der Waals surface area contributed by atoms with Gasteiger partial charge in [0.2, 0.25) is 0 Å². The Balaban J connectivity index is 0.00000220. The number of nitrogens with zero attached hydrogens (tertiary/aromatic N) is 1. The van der Waals surface area contributed by atoms with Crippen LogP contribution in [0.15, 0.2) is 47.5 Å². The summed E-state index contributed by atoms with van der Waals surface area (Å²) in [5.74, 6) is 1.23. The lowest BCUT2D eigenvalue weighted by Crippen LogP contribution is -2.22. The molecular formula is C14H14Cl2IN3O. The number of benzene rings is 2. The minimum absolute atomic E-state index is 0. The van der Waals surface area contributed by atoms with Crippen LogP contribution in [-0.2, 0) is 6.54 Å². The van der Waals surface area contributed by atoms with Gasteiger partial charge in [-0.15, -0.1) is 24.0 Å². The molecule has 0 aliphatic carbocycles. The molecule has 0 radical (unpaired) electrons. The van der Waals surface area contributed by atoms with Crippen LogP contribution in [-0.4, -0.2) is 5.96 Å². The van der Waals surface area contributed by atoms with Crippen molar-refractivity contribution in [1.29, 1.82) is 0 Å². The van der Waals surface area contributed by atoms with E-state index in [4.69, 9.17) is 39.4 Å². The van der Waals surface area contributed by atoms with Gasteiger partial charge in [-0.1, -0.05) is 41.4 Å². The summed E-state index contributed by atoms with van der Waals surface area (Å²) >= 11 is 12.0. The fraction of sp³-hybridized carbons (Fsp3) is 0.0714. The maximum Gasteiger partial charge on any atom is 0.186 e. The number of rotatable bonds is 4. The lowest BCUT2D eigenvalue weighted by atomic mass is 10.2. The van der Waals surface area contributed by atoms with E-state index >= 15 is 0 Å². The molecule has 4 nitrogen and oxygen atoms in total. The van der Waals surface area contributed by atoms with Crippen molar-refractivity contribution in [3.63, 3.8) is 0 Å². The Bertz CT molecular complexity index is 629. The van der Waals surface area contributed by atoms with Crippen molar-refractivity contribution in [2.45, 2.75) is 6.54 Å². The van der Waals surface area contributed by atoms with E-state index in [0.717, 1.165) is 5.56 Å². The molecule has 0 amide bonds. The number of nitrogens with two attached hydrogens (primary N) is 2. The number of halogens is 3. The van der Waals surface area contributed by atoms with Crippen LogP contribution < -0.4 is 16.2 Å². The van der Waals surface area contributed by atoms with Crippen LogP contribution in [0, 0.1) is 0 Å². The van der Waals surface area contributed by atoms with E-state index in [0.29, 0.717) is 28.1 Å². The SMILES string of the molecule is I.NC(N)=NCc1ccc(Oc2cccc(Cl)c2Cl)cc1. The maximum absolute atomic E-state index is 6.06. The molecule has 21 heavy (non-hydrogen) atoms. The van der Waals surface area contributed by atoms with Crippen LogP contribution >= 0.6 is 47.2 Å². The van der Waals surface area contributed by atoms with E-state index in [-0.39, 0.29) is 29.9 Å². The third-order valence-corrected chi connectivity index (χ3v) is 3.31. The van der Waals surface area contributed by atoms with Gasteiger partial charge >= 0.3 is 0 Å². The zero-order chi connectivity index (χ0) is 14.5. The summed E-state index contributed by atoms with van der Waals surface area (Å²) in [6, 6.07) is 12.6. The van der Waals surface area contributed by atoms with Crippen LogP contribution in [0.25, 0.3) is 0 Å². The third-order valence-electron chi connectivity index (χ3n) is 2.51. The number of hydrogen-bond acceptors (Lipinski definition) is 2. The largest absolute Gasteiger partial charge is 0.456 e. The Morgan fingerprint density at radius 2 is 1.71 bits per heavy atom. The van der Waals surface area contributed by atoms with E-state index in [1.54, 1.807) is 18.2 Å². The standard InChI is InChI=1S/C14H13Cl2N3O.HI/c15-11-2-1-3-12(13(11)16)20-10-6-4-9(5-7-10)8-19-14(17)18;/h1-7H,8H2,(H4,17,18,19);1H. The molecule has 0 unspecified atom stereocenters. The average molecular weight is 438 g/mol. The maximum atomic E-state index is 6.06. The number of ether oxygens (including phenoxy) is 1. The van der Waals surface area contributed by atoms with E-state index in [9.17, 15) is 0 Å². The van der Waals surface area contributed by atoms with Gasteiger partial charge in [0.1, 0.15) is 16.5 Å². The molecular weight excluding hydrogens is 424 g/mol. The van der Waals surface area contributed by atoms with Crippen molar-refractivity contribution in [2.75, 3.05) is 0 Å². The molecule has 2 aromatic rings. The molecule has 0 aromatic heterocycles. The lowest BCUT2D eigenvalue weighted by molar-refractivity contribution is 0.483. The highest BCUT2D eigenvalue weighted by Crippen LogP contribution is 2.34. The van der Waals surface area contributed by atoms with Crippen molar-refractivity contribution >= 4 is 53.1 Å². The van der Waals surface area contributed by atoms with Crippen LogP contribution in [0.3, 0.4) is 0 Å². The van der Waals surface area contributed by atoms with Gasteiger partial charge in [-0.25, -0.2) is 4.99 Å². The van der Waals surface area contributed by atoms with Gasteiger partial charge in [0.05, 0.1) is 11.6 Å². The van der Waals surface area contributed by atoms with Gasteiger partial charge in [-0.3, -0.25) is 0 Å². The van der Waals surface area contributed by atoms with Gasteiger partial charge in [-0.05, 0) is 29.8 Å². The Morgan fingerprint density at radius 3 is 2.33 bits per heavy atom. The molecule has 0 aliphatic rings. The summed E-state index contributed by atoms with van der Waals surface area (Å²) in [5.41, 5.74) is 11.5. The predicted molar refractivity (Wildman–Crippen MR) is 97.9 cm³/mol. The highest BCUT2D eigenvalue weighted by atomic mass is 127. The van der Waals surface area contributed by atoms with Crippen LogP contribution in [0.4, 0.5) is 0 Å². The van der Waals surface area contributed by atoms with Crippen LogP contribution in [0.1, 0.15) is 5.56 Å².